The van der Waals surface area contributed by atoms with E-state index in [4.69, 9.17) is 4.74 Å². The zero-order valence-corrected chi connectivity index (χ0v) is 26.3. The van der Waals surface area contributed by atoms with Crippen molar-refractivity contribution < 1.29 is 31.1 Å². The van der Waals surface area contributed by atoms with Gasteiger partial charge in [0.05, 0.1) is 35.8 Å². The van der Waals surface area contributed by atoms with Crippen molar-refractivity contribution in [3.63, 3.8) is 0 Å². The number of likely N-dealkylation sites (tertiary alicyclic amines) is 1. The molecule has 1 aliphatic carbocycles. The Morgan fingerprint density at radius 3 is 2.44 bits per heavy atom. The van der Waals surface area contributed by atoms with Crippen LogP contribution in [0.3, 0.4) is 0 Å². The first-order valence-electron chi connectivity index (χ1n) is 14.9. The first-order valence-corrected chi connectivity index (χ1v) is 16.8. The maximum Gasteiger partial charge on any atom is 0.406 e. The van der Waals surface area contributed by atoms with Gasteiger partial charge in [-0.2, -0.15) is 13.2 Å². The second-order valence-corrected chi connectivity index (χ2v) is 14.0. The third kappa shape index (κ3) is 7.68. The summed E-state index contributed by atoms with van der Waals surface area (Å²) in [7, 11) is 0.00797. The van der Waals surface area contributed by atoms with E-state index < -0.39 is 22.6 Å². The average Bonchev–Trinajstić information content (AvgIpc) is 3.30. The highest BCUT2D eigenvalue weighted by Crippen LogP contribution is 2.34. The number of fused-ring (bicyclic) bond motifs is 1. The van der Waals surface area contributed by atoms with Crippen molar-refractivity contribution in [2.24, 2.45) is 0 Å². The van der Waals surface area contributed by atoms with Crippen LogP contribution in [0.1, 0.15) is 41.7 Å². The minimum atomic E-state index is -4.44. The molecule has 9 nitrogen and oxygen atoms in total. The van der Waals surface area contributed by atoms with Crippen LogP contribution >= 0.6 is 0 Å². The summed E-state index contributed by atoms with van der Waals surface area (Å²) in [6.45, 7) is 0.149. The number of anilines is 2. The maximum atomic E-state index is 13.7. The van der Waals surface area contributed by atoms with Crippen molar-refractivity contribution in [2.45, 2.75) is 55.7 Å². The normalized spacial score (nSPS) is 19.3. The van der Waals surface area contributed by atoms with Crippen molar-refractivity contribution in [1.82, 2.24) is 14.8 Å². The van der Waals surface area contributed by atoms with Crippen LogP contribution in [0.4, 0.5) is 24.5 Å². The Morgan fingerprint density at radius 2 is 1.80 bits per heavy atom. The van der Waals surface area contributed by atoms with Gasteiger partial charge in [-0.05, 0) is 68.0 Å². The summed E-state index contributed by atoms with van der Waals surface area (Å²) in [5.41, 5.74) is 2.49. The van der Waals surface area contributed by atoms with E-state index in [0.717, 1.165) is 31.4 Å². The molecule has 242 valence electrons. The number of aromatic nitrogens is 1. The summed E-state index contributed by atoms with van der Waals surface area (Å²) < 4.78 is 71.1. The van der Waals surface area contributed by atoms with E-state index >= 15 is 0 Å². The van der Waals surface area contributed by atoms with Crippen LogP contribution < -0.4 is 20.7 Å². The number of hydrogen-bond acceptors (Lipinski definition) is 7. The van der Waals surface area contributed by atoms with Gasteiger partial charge in [0.15, 0.2) is 9.84 Å². The predicted octanol–water partition coefficient (Wildman–Crippen LogP) is 4.49. The maximum absolute atomic E-state index is 13.7. The minimum absolute atomic E-state index is 0.138. The van der Waals surface area contributed by atoms with E-state index in [1.165, 1.54) is 25.0 Å². The number of ether oxygens (including phenoxy) is 1. The van der Waals surface area contributed by atoms with Gasteiger partial charge in [0.2, 0.25) is 0 Å². The number of alkyl halides is 3. The van der Waals surface area contributed by atoms with Crippen LogP contribution in [0.15, 0.2) is 42.5 Å². The molecule has 1 aliphatic heterocycles. The number of hydrogen-bond donors (Lipinski definition) is 3. The Morgan fingerprint density at radius 1 is 1.07 bits per heavy atom. The van der Waals surface area contributed by atoms with Crippen molar-refractivity contribution >= 4 is 38.0 Å². The zero-order valence-electron chi connectivity index (χ0n) is 25.5. The molecule has 0 radical (unpaired) electrons. The van der Waals surface area contributed by atoms with Gasteiger partial charge in [-0.3, -0.25) is 9.69 Å². The van der Waals surface area contributed by atoms with E-state index in [1.54, 1.807) is 36.4 Å². The third-order valence-corrected chi connectivity index (χ3v) is 10.1. The number of benzene rings is 2. The molecule has 1 aromatic heterocycles. The Hall–Kier alpha value is -3.89. The lowest BCUT2D eigenvalue weighted by molar-refractivity contribution is -0.140. The highest BCUT2D eigenvalue weighted by molar-refractivity contribution is 7.91. The van der Waals surface area contributed by atoms with E-state index in [2.05, 4.69) is 32.7 Å². The summed E-state index contributed by atoms with van der Waals surface area (Å²) in [4.78, 5) is 14.2. The van der Waals surface area contributed by atoms with Crippen LogP contribution in [0, 0.1) is 11.8 Å². The number of nitrogens with zero attached hydrogens (tertiary/aromatic N) is 2. The third-order valence-electron chi connectivity index (χ3n) is 8.61. The lowest BCUT2D eigenvalue weighted by Gasteiger charge is -2.46. The fraction of sp³-hybridized carbons (Fsp3) is 0.469. The molecule has 1 amide bonds. The van der Waals surface area contributed by atoms with Gasteiger partial charge in [0.25, 0.3) is 5.91 Å². The topological polar surface area (TPSA) is 105 Å². The number of carbonyl (C=O) groups is 1. The number of amides is 1. The minimum Gasteiger partial charge on any atom is -0.495 e. The van der Waals surface area contributed by atoms with E-state index in [1.807, 2.05) is 6.07 Å². The SMILES string of the molecule is CNC(=O)c1ccc(NCC#Cc2cc3c(N[C@H]4CC[C@H](N5CC(S(C)(=O)=O)C5)CC4)cccc3n2CC(F)(F)F)c(OC)c1. The Balaban J connectivity index is 1.29. The molecule has 13 heteroatoms. The van der Waals surface area contributed by atoms with Crippen LogP contribution in [-0.2, 0) is 16.4 Å². The van der Waals surface area contributed by atoms with Gasteiger partial charge in [-0.1, -0.05) is 12.0 Å². The molecule has 5 rings (SSSR count). The van der Waals surface area contributed by atoms with Crippen LogP contribution in [0.2, 0.25) is 0 Å². The number of methoxy groups -OCH3 is 1. The molecule has 1 saturated heterocycles. The van der Waals surface area contributed by atoms with Crippen molar-refractivity contribution in [3.05, 3.63) is 53.7 Å². The molecule has 1 saturated carbocycles. The highest BCUT2D eigenvalue weighted by Gasteiger charge is 2.39. The van der Waals surface area contributed by atoms with Crippen molar-refractivity contribution in [2.75, 3.05) is 50.7 Å². The molecule has 0 atom stereocenters. The molecule has 0 bridgehead atoms. The van der Waals surface area contributed by atoms with Crippen LogP contribution in [0.5, 0.6) is 5.75 Å². The molecule has 3 N–H and O–H groups in total. The van der Waals surface area contributed by atoms with Crippen LogP contribution in [-0.4, -0.2) is 87.3 Å². The monoisotopic (exact) mass is 645 g/mol. The molecule has 3 aromatic rings. The average molecular weight is 646 g/mol. The summed E-state index contributed by atoms with van der Waals surface area (Å²) in [5.74, 6) is 6.03. The first kappa shape index (κ1) is 32.5. The number of nitrogens with one attached hydrogen (secondary N) is 3. The summed E-state index contributed by atoms with van der Waals surface area (Å²) in [6, 6.07) is 12.4. The quantitative estimate of drug-likeness (QED) is 0.295. The van der Waals surface area contributed by atoms with Gasteiger partial charge in [0.1, 0.15) is 12.3 Å². The molecule has 0 unspecified atom stereocenters. The Labute approximate surface area is 261 Å². The molecule has 45 heavy (non-hydrogen) atoms. The number of carbonyl (C=O) groups excluding carboxylic acids is 1. The fourth-order valence-corrected chi connectivity index (χ4v) is 7.03. The highest BCUT2D eigenvalue weighted by atomic mass is 32.2. The second kappa shape index (κ2) is 13.2. The summed E-state index contributed by atoms with van der Waals surface area (Å²) >= 11 is 0. The number of sulfone groups is 1. The van der Waals surface area contributed by atoms with Gasteiger partial charge in [-0.15, -0.1) is 0 Å². The summed E-state index contributed by atoms with van der Waals surface area (Å²) in [5, 5.41) is 9.62. The molecule has 2 heterocycles. The Bertz CT molecular complexity index is 1710. The number of halogens is 3. The molecule has 2 aliphatic rings. The van der Waals surface area contributed by atoms with E-state index in [-0.39, 0.29) is 29.4 Å². The standard InChI is InChI=1S/C32H38F3N5O4S/c1-36-31(41)21-9-14-28(30(16-21)44-2)37-15-5-6-24-17-26-27(7-4-8-29(26)40(24)20-32(33,34)35)38-22-10-12-23(13-11-22)39-18-25(19-39)45(3,42)43/h4,7-9,14,16-17,22-23,25,37-38H,10-13,15,18-20H2,1-3H3,(H,36,41)/t22-,23-. The summed E-state index contributed by atoms with van der Waals surface area (Å²) in [6.07, 6.45) is 0.493. The lowest BCUT2D eigenvalue weighted by atomic mass is 9.88. The molecular formula is C32H38F3N5O4S. The molecule has 0 spiro atoms. The largest absolute Gasteiger partial charge is 0.495 e. The second-order valence-electron chi connectivity index (χ2n) is 11.7. The molecule has 2 aromatic carbocycles. The smallest absolute Gasteiger partial charge is 0.406 e. The van der Waals surface area contributed by atoms with Gasteiger partial charge < -0.3 is 25.3 Å². The predicted molar refractivity (Wildman–Crippen MR) is 170 cm³/mol. The number of rotatable bonds is 9. The van der Waals surface area contributed by atoms with E-state index in [0.29, 0.717) is 47.0 Å². The van der Waals surface area contributed by atoms with Gasteiger partial charge in [0, 0.05) is 55.1 Å². The van der Waals surface area contributed by atoms with E-state index in [9.17, 15) is 26.4 Å². The van der Waals surface area contributed by atoms with Gasteiger partial charge in [-0.25, -0.2) is 8.42 Å². The molecule has 2 fully saturated rings. The Kier molecular flexibility index (Phi) is 9.55. The molecular weight excluding hydrogens is 607 g/mol. The van der Waals surface area contributed by atoms with Crippen molar-refractivity contribution in [3.8, 4) is 17.6 Å². The van der Waals surface area contributed by atoms with Gasteiger partial charge >= 0.3 is 6.18 Å². The van der Waals surface area contributed by atoms with Crippen molar-refractivity contribution in [1.29, 1.82) is 0 Å². The lowest BCUT2D eigenvalue weighted by Crippen LogP contribution is -2.59. The zero-order chi connectivity index (χ0) is 32.4. The first-order chi connectivity index (χ1) is 21.4. The fourth-order valence-electron chi connectivity index (χ4n) is 6.10. The van der Waals surface area contributed by atoms with Crippen LogP contribution in [0.25, 0.3) is 10.9 Å².